The largest absolute Gasteiger partial charge is 0.368 e. The van der Waals surface area contributed by atoms with E-state index in [2.05, 4.69) is 12.2 Å². The van der Waals surface area contributed by atoms with Crippen LogP contribution in [-0.4, -0.2) is 17.5 Å². The fourth-order valence-electron chi connectivity index (χ4n) is 1.97. The summed E-state index contributed by atoms with van der Waals surface area (Å²) in [6.45, 7) is 5.81. The minimum absolute atomic E-state index is 0.280. The van der Waals surface area contributed by atoms with Crippen molar-refractivity contribution in [3.05, 3.63) is 0 Å². The molecular formula is C11H22N2O. The van der Waals surface area contributed by atoms with E-state index in [-0.39, 0.29) is 5.91 Å². The molecule has 0 heterocycles. The molecule has 3 N–H and O–H groups in total. The van der Waals surface area contributed by atoms with Crippen LogP contribution in [0.15, 0.2) is 0 Å². The fraction of sp³-hybridized carbons (Fsp3) is 0.909. The zero-order chi connectivity index (χ0) is 10.8. The summed E-state index contributed by atoms with van der Waals surface area (Å²) in [7, 11) is 0. The van der Waals surface area contributed by atoms with Gasteiger partial charge in [-0.25, -0.2) is 0 Å². The van der Waals surface area contributed by atoms with Crippen LogP contribution in [0.2, 0.25) is 0 Å². The van der Waals surface area contributed by atoms with Crippen LogP contribution in [0.4, 0.5) is 0 Å². The molecule has 1 atom stereocenters. The maximum atomic E-state index is 11.1. The topological polar surface area (TPSA) is 55.1 Å². The summed E-state index contributed by atoms with van der Waals surface area (Å²) in [5.74, 6) is 0.583. The summed E-state index contributed by atoms with van der Waals surface area (Å²) >= 11 is 0. The molecule has 0 radical (unpaired) electrons. The molecule has 1 saturated carbocycles. The van der Waals surface area contributed by atoms with Crippen LogP contribution in [-0.2, 0) is 4.79 Å². The Morgan fingerprint density at radius 2 is 2.14 bits per heavy atom. The minimum Gasteiger partial charge on any atom is -0.368 e. The van der Waals surface area contributed by atoms with Gasteiger partial charge < -0.3 is 11.1 Å². The van der Waals surface area contributed by atoms with Crippen LogP contribution >= 0.6 is 0 Å². The molecule has 1 aliphatic carbocycles. The van der Waals surface area contributed by atoms with Crippen molar-refractivity contribution in [2.24, 2.45) is 11.7 Å². The van der Waals surface area contributed by atoms with Crippen molar-refractivity contribution in [1.82, 2.24) is 5.32 Å². The first-order chi connectivity index (χ1) is 6.42. The molecule has 0 aliphatic heterocycles. The van der Waals surface area contributed by atoms with Gasteiger partial charge in [-0.2, -0.15) is 0 Å². The third-order valence-electron chi connectivity index (χ3n) is 3.13. The second-order valence-electron chi connectivity index (χ2n) is 5.07. The van der Waals surface area contributed by atoms with Crippen LogP contribution in [0.5, 0.6) is 0 Å². The Morgan fingerprint density at radius 3 is 2.50 bits per heavy atom. The highest BCUT2D eigenvalue weighted by molar-refractivity contribution is 5.83. The van der Waals surface area contributed by atoms with E-state index in [4.69, 9.17) is 5.73 Å². The van der Waals surface area contributed by atoms with Gasteiger partial charge in [-0.05, 0) is 33.1 Å². The molecule has 1 amide bonds. The molecule has 3 nitrogen and oxygen atoms in total. The first-order valence-corrected chi connectivity index (χ1v) is 5.49. The van der Waals surface area contributed by atoms with Gasteiger partial charge in [-0.15, -0.1) is 0 Å². The Bertz CT molecular complexity index is 209. The molecule has 1 rings (SSSR count). The van der Waals surface area contributed by atoms with Gasteiger partial charge in [0.2, 0.25) is 5.91 Å². The van der Waals surface area contributed by atoms with E-state index in [0.29, 0.717) is 6.04 Å². The summed E-state index contributed by atoms with van der Waals surface area (Å²) < 4.78 is 0. The lowest BCUT2D eigenvalue weighted by Gasteiger charge is -2.32. The van der Waals surface area contributed by atoms with Crippen LogP contribution in [0.25, 0.3) is 0 Å². The molecule has 1 fully saturated rings. The van der Waals surface area contributed by atoms with Crippen molar-refractivity contribution in [3.63, 3.8) is 0 Å². The lowest BCUT2D eigenvalue weighted by atomic mass is 9.81. The van der Waals surface area contributed by atoms with Crippen molar-refractivity contribution < 1.29 is 4.79 Å². The highest BCUT2D eigenvalue weighted by atomic mass is 16.1. The summed E-state index contributed by atoms with van der Waals surface area (Å²) in [5.41, 5.74) is 4.71. The Morgan fingerprint density at radius 1 is 1.57 bits per heavy atom. The standard InChI is InChI=1S/C11H22N2O/c1-8(7-9-5-4-6-9)13-11(2,3)10(12)14/h8-9,13H,4-7H2,1-3H3,(H2,12,14). The molecule has 3 heteroatoms. The molecular weight excluding hydrogens is 176 g/mol. The maximum absolute atomic E-state index is 11.1. The fourth-order valence-corrected chi connectivity index (χ4v) is 1.97. The van der Waals surface area contributed by atoms with Gasteiger partial charge >= 0.3 is 0 Å². The highest BCUT2D eigenvalue weighted by Gasteiger charge is 2.28. The summed E-state index contributed by atoms with van der Waals surface area (Å²) in [4.78, 5) is 11.1. The molecule has 0 bridgehead atoms. The van der Waals surface area contributed by atoms with E-state index >= 15 is 0 Å². The SMILES string of the molecule is CC(CC1CCC1)NC(C)(C)C(N)=O. The molecule has 0 aromatic heterocycles. The number of carbonyl (C=O) groups is 1. The Hall–Kier alpha value is -0.570. The number of amides is 1. The van der Waals surface area contributed by atoms with E-state index in [0.717, 1.165) is 12.3 Å². The highest BCUT2D eigenvalue weighted by Crippen LogP contribution is 2.30. The predicted molar refractivity (Wildman–Crippen MR) is 57.8 cm³/mol. The zero-order valence-electron chi connectivity index (χ0n) is 9.47. The smallest absolute Gasteiger partial charge is 0.237 e. The van der Waals surface area contributed by atoms with Crippen molar-refractivity contribution in [1.29, 1.82) is 0 Å². The van der Waals surface area contributed by atoms with Gasteiger partial charge in [0.1, 0.15) is 0 Å². The first-order valence-electron chi connectivity index (χ1n) is 5.49. The molecule has 0 aromatic carbocycles. The first kappa shape index (κ1) is 11.5. The summed E-state index contributed by atoms with van der Waals surface area (Å²) in [6, 6.07) is 0.378. The van der Waals surface area contributed by atoms with Crippen LogP contribution in [0, 0.1) is 5.92 Å². The third kappa shape index (κ3) is 2.98. The zero-order valence-corrected chi connectivity index (χ0v) is 9.47. The van der Waals surface area contributed by atoms with Crippen LogP contribution < -0.4 is 11.1 Å². The summed E-state index contributed by atoms with van der Waals surface area (Å²) in [5, 5.41) is 3.28. The van der Waals surface area contributed by atoms with Crippen molar-refractivity contribution >= 4 is 5.91 Å². The summed E-state index contributed by atoms with van der Waals surface area (Å²) in [6.07, 6.45) is 5.24. The van der Waals surface area contributed by atoms with Gasteiger partial charge in [0.05, 0.1) is 5.54 Å². The molecule has 0 aromatic rings. The van der Waals surface area contributed by atoms with Gasteiger partial charge in [0.25, 0.3) is 0 Å². The van der Waals surface area contributed by atoms with Crippen molar-refractivity contribution in [2.75, 3.05) is 0 Å². The number of hydrogen-bond acceptors (Lipinski definition) is 2. The second kappa shape index (κ2) is 4.30. The lowest BCUT2D eigenvalue weighted by molar-refractivity contribution is -0.123. The van der Waals surface area contributed by atoms with Gasteiger partial charge in [0.15, 0.2) is 0 Å². The average molecular weight is 198 g/mol. The molecule has 14 heavy (non-hydrogen) atoms. The molecule has 1 unspecified atom stereocenters. The average Bonchev–Trinajstić information content (AvgIpc) is 1.96. The van der Waals surface area contributed by atoms with Crippen molar-refractivity contribution in [2.45, 2.75) is 58.0 Å². The van der Waals surface area contributed by atoms with E-state index in [1.54, 1.807) is 0 Å². The van der Waals surface area contributed by atoms with Crippen LogP contribution in [0.3, 0.4) is 0 Å². The number of nitrogens with one attached hydrogen (secondary N) is 1. The molecule has 0 saturated heterocycles. The number of primary amides is 1. The second-order valence-corrected chi connectivity index (χ2v) is 5.07. The predicted octanol–water partition coefficient (Wildman–Crippen LogP) is 1.42. The minimum atomic E-state index is -0.580. The number of rotatable bonds is 5. The van der Waals surface area contributed by atoms with E-state index in [1.807, 2.05) is 13.8 Å². The van der Waals surface area contributed by atoms with Crippen LogP contribution in [0.1, 0.15) is 46.5 Å². The van der Waals surface area contributed by atoms with Gasteiger partial charge in [-0.1, -0.05) is 19.3 Å². The number of carbonyl (C=O) groups excluding carboxylic acids is 1. The molecule has 0 spiro atoms. The maximum Gasteiger partial charge on any atom is 0.237 e. The molecule has 1 aliphatic rings. The van der Waals surface area contributed by atoms with E-state index in [9.17, 15) is 4.79 Å². The van der Waals surface area contributed by atoms with Gasteiger partial charge in [-0.3, -0.25) is 4.79 Å². The lowest BCUT2D eigenvalue weighted by Crippen LogP contribution is -2.54. The monoisotopic (exact) mass is 198 g/mol. The number of hydrogen-bond donors (Lipinski definition) is 2. The quantitative estimate of drug-likeness (QED) is 0.702. The van der Waals surface area contributed by atoms with Gasteiger partial charge in [0, 0.05) is 6.04 Å². The Kier molecular flexibility index (Phi) is 3.53. The number of nitrogens with two attached hydrogens (primary N) is 1. The van der Waals surface area contributed by atoms with Crippen molar-refractivity contribution in [3.8, 4) is 0 Å². The van der Waals surface area contributed by atoms with E-state index in [1.165, 1.54) is 19.3 Å². The molecule has 82 valence electrons. The third-order valence-corrected chi connectivity index (χ3v) is 3.13. The Balaban J connectivity index is 2.30. The normalized spacial score (nSPS) is 20.2. The Labute approximate surface area is 86.4 Å². The van der Waals surface area contributed by atoms with E-state index < -0.39 is 5.54 Å².